The van der Waals surface area contributed by atoms with Crippen LogP contribution in [-0.4, -0.2) is 37.2 Å². The summed E-state index contributed by atoms with van der Waals surface area (Å²) in [6.07, 6.45) is 5.35. The van der Waals surface area contributed by atoms with Crippen LogP contribution in [0.3, 0.4) is 0 Å². The molecule has 0 radical (unpaired) electrons. The average molecular weight is 373 g/mol. The van der Waals surface area contributed by atoms with Crippen molar-refractivity contribution in [1.82, 2.24) is 19.6 Å². The number of nitrogens with zero attached hydrogens (tertiary/aromatic N) is 4. The minimum absolute atomic E-state index is 0.0621. The molecule has 3 rings (SSSR count). The first-order chi connectivity index (χ1) is 12.2. The molecule has 0 aliphatic carbocycles. The summed E-state index contributed by atoms with van der Waals surface area (Å²) >= 11 is 1.40. The van der Waals surface area contributed by atoms with Gasteiger partial charge >= 0.3 is 5.97 Å². The zero-order valence-corrected chi connectivity index (χ0v) is 16.4. The lowest BCUT2D eigenvalue weighted by molar-refractivity contribution is -0.156. The molecule has 0 aliphatic rings. The summed E-state index contributed by atoms with van der Waals surface area (Å²) in [5.74, 6) is -0.219. The van der Waals surface area contributed by atoms with E-state index >= 15 is 0 Å². The minimum atomic E-state index is -0.526. The first kappa shape index (κ1) is 18.3. The van der Waals surface area contributed by atoms with Gasteiger partial charge in [0.2, 0.25) is 10.1 Å². The van der Waals surface area contributed by atoms with Crippen molar-refractivity contribution in [2.24, 2.45) is 5.92 Å². The normalized spacial score (nSPS) is 13.2. The van der Waals surface area contributed by atoms with Crippen LogP contribution in [0.1, 0.15) is 34.6 Å². The molecule has 0 spiro atoms. The molecule has 3 aromatic heterocycles. The fourth-order valence-electron chi connectivity index (χ4n) is 2.41. The molecule has 3 aromatic rings. The fourth-order valence-corrected chi connectivity index (χ4v) is 3.23. The van der Waals surface area contributed by atoms with Crippen molar-refractivity contribution >= 4 is 27.4 Å². The lowest BCUT2D eigenvalue weighted by atomic mass is 10.0. The second-order valence-electron chi connectivity index (χ2n) is 7.40. The Labute approximate surface area is 156 Å². The molecule has 0 unspecified atom stereocenters. The number of nitrogens with one attached hydrogen (secondary N) is 1. The Balaban J connectivity index is 1.79. The third-order valence-electron chi connectivity index (χ3n) is 3.61. The van der Waals surface area contributed by atoms with Crippen LogP contribution in [0.25, 0.3) is 16.2 Å². The number of fused-ring (bicyclic) bond motifs is 1. The second-order valence-corrected chi connectivity index (χ2v) is 8.36. The molecule has 0 bridgehead atoms. The number of carbonyl (C=O) groups excluding carboxylic acids is 1. The van der Waals surface area contributed by atoms with Gasteiger partial charge in [-0.1, -0.05) is 25.2 Å². The quantitative estimate of drug-likeness (QED) is 0.688. The molecular formula is C18H23N5O2S. The number of hydrogen-bond donors (Lipinski definition) is 1. The van der Waals surface area contributed by atoms with E-state index in [1.165, 1.54) is 11.3 Å². The van der Waals surface area contributed by atoms with Crippen molar-refractivity contribution in [3.63, 3.8) is 0 Å². The summed E-state index contributed by atoms with van der Waals surface area (Å²) in [5, 5.41) is 8.32. The predicted octanol–water partition coefficient (Wildman–Crippen LogP) is 3.63. The topological polar surface area (TPSA) is 81.4 Å². The van der Waals surface area contributed by atoms with Crippen molar-refractivity contribution in [1.29, 1.82) is 0 Å². The number of rotatable bonds is 5. The number of imidazole rings is 1. The Bertz CT molecular complexity index is 864. The maximum atomic E-state index is 12.5. The maximum Gasteiger partial charge on any atom is 0.329 e. The number of ether oxygens (including phenoxy) is 1. The lowest BCUT2D eigenvalue weighted by Crippen LogP contribution is -2.39. The van der Waals surface area contributed by atoms with Crippen LogP contribution >= 0.6 is 11.3 Å². The number of aromatic nitrogens is 4. The highest BCUT2D eigenvalue weighted by Gasteiger charge is 2.28. The number of carbonyl (C=O) groups is 1. The Morgan fingerprint density at radius 2 is 2.12 bits per heavy atom. The van der Waals surface area contributed by atoms with Crippen molar-refractivity contribution in [3.05, 3.63) is 30.7 Å². The van der Waals surface area contributed by atoms with Crippen LogP contribution in [-0.2, 0) is 9.53 Å². The van der Waals surface area contributed by atoms with Gasteiger partial charge in [-0.3, -0.25) is 4.98 Å². The van der Waals surface area contributed by atoms with Gasteiger partial charge in [-0.2, -0.15) is 0 Å². The van der Waals surface area contributed by atoms with E-state index in [1.54, 1.807) is 16.9 Å². The zero-order chi connectivity index (χ0) is 18.9. The summed E-state index contributed by atoms with van der Waals surface area (Å²) in [4.78, 5) is 21.9. The van der Waals surface area contributed by atoms with Crippen LogP contribution in [0.4, 0.5) is 5.13 Å². The minimum Gasteiger partial charge on any atom is -0.458 e. The first-order valence-electron chi connectivity index (χ1n) is 8.49. The Kier molecular flexibility index (Phi) is 4.95. The third-order valence-corrected chi connectivity index (χ3v) is 4.46. The largest absolute Gasteiger partial charge is 0.458 e. The smallest absolute Gasteiger partial charge is 0.329 e. The molecule has 1 N–H and O–H groups in total. The monoisotopic (exact) mass is 373 g/mol. The van der Waals surface area contributed by atoms with Crippen LogP contribution in [0, 0.1) is 5.92 Å². The number of pyridine rings is 1. The fraction of sp³-hybridized carbons (Fsp3) is 0.444. The summed E-state index contributed by atoms with van der Waals surface area (Å²) in [5.41, 5.74) is 1.23. The molecule has 0 fully saturated rings. The predicted molar refractivity (Wildman–Crippen MR) is 102 cm³/mol. The molecular weight excluding hydrogens is 350 g/mol. The lowest BCUT2D eigenvalue weighted by Gasteiger charge is -2.26. The summed E-state index contributed by atoms with van der Waals surface area (Å²) in [7, 11) is 0. The highest BCUT2D eigenvalue weighted by atomic mass is 32.1. The summed E-state index contributed by atoms with van der Waals surface area (Å²) < 4.78 is 7.22. The van der Waals surface area contributed by atoms with E-state index in [9.17, 15) is 4.79 Å². The molecule has 138 valence electrons. The molecule has 0 aromatic carbocycles. The van der Waals surface area contributed by atoms with E-state index in [1.807, 2.05) is 52.9 Å². The van der Waals surface area contributed by atoms with E-state index in [0.717, 1.165) is 16.2 Å². The highest BCUT2D eigenvalue weighted by Crippen LogP contribution is 2.25. The van der Waals surface area contributed by atoms with Gasteiger partial charge in [0.15, 0.2) is 0 Å². The van der Waals surface area contributed by atoms with Gasteiger partial charge in [-0.05, 0) is 38.8 Å². The van der Waals surface area contributed by atoms with E-state index in [4.69, 9.17) is 4.74 Å². The van der Waals surface area contributed by atoms with Crippen LogP contribution in [0.2, 0.25) is 0 Å². The van der Waals surface area contributed by atoms with Crippen LogP contribution in [0.15, 0.2) is 30.7 Å². The van der Waals surface area contributed by atoms with Crippen molar-refractivity contribution < 1.29 is 9.53 Å². The Morgan fingerprint density at radius 3 is 2.69 bits per heavy atom. The van der Waals surface area contributed by atoms with Gasteiger partial charge in [-0.15, -0.1) is 5.10 Å². The summed E-state index contributed by atoms with van der Waals surface area (Å²) in [6, 6.07) is 3.36. The van der Waals surface area contributed by atoms with Crippen molar-refractivity contribution in [3.8, 4) is 11.3 Å². The van der Waals surface area contributed by atoms with Gasteiger partial charge in [0.1, 0.15) is 11.6 Å². The Morgan fingerprint density at radius 1 is 1.35 bits per heavy atom. The van der Waals surface area contributed by atoms with Crippen LogP contribution < -0.4 is 5.32 Å². The van der Waals surface area contributed by atoms with E-state index in [2.05, 4.69) is 20.4 Å². The van der Waals surface area contributed by atoms with Gasteiger partial charge in [0.25, 0.3) is 0 Å². The van der Waals surface area contributed by atoms with Gasteiger partial charge in [-0.25, -0.2) is 14.3 Å². The third kappa shape index (κ3) is 4.19. The standard InChI is InChI=1S/C18H23N5O2S/c1-11(2)14(15(24)25-18(3,4)5)21-16-22-23-10-13(20-17(23)26-16)12-7-6-8-19-9-12/h6-11,14H,1-5H3,(H,21,22)/t14-/m0/s1. The molecule has 7 nitrogen and oxygen atoms in total. The van der Waals surface area contributed by atoms with E-state index in [0.29, 0.717) is 5.13 Å². The SMILES string of the molecule is CC(C)[C@H](Nc1nn2cc(-c3cccnc3)nc2s1)C(=O)OC(C)(C)C. The highest BCUT2D eigenvalue weighted by molar-refractivity contribution is 7.20. The molecule has 1 atom stereocenters. The molecule has 0 amide bonds. The average Bonchev–Trinajstić information content (AvgIpc) is 3.09. The number of hydrogen-bond acceptors (Lipinski definition) is 7. The molecule has 0 saturated carbocycles. The summed E-state index contributed by atoms with van der Waals surface area (Å²) in [6.45, 7) is 9.53. The second kappa shape index (κ2) is 7.03. The molecule has 3 heterocycles. The van der Waals surface area contributed by atoms with Crippen LogP contribution in [0.5, 0.6) is 0 Å². The number of esters is 1. The van der Waals surface area contributed by atoms with Gasteiger partial charge < -0.3 is 10.1 Å². The molecule has 0 aliphatic heterocycles. The maximum absolute atomic E-state index is 12.5. The zero-order valence-electron chi connectivity index (χ0n) is 15.6. The molecule has 26 heavy (non-hydrogen) atoms. The van der Waals surface area contributed by atoms with E-state index in [-0.39, 0.29) is 11.9 Å². The van der Waals surface area contributed by atoms with E-state index < -0.39 is 11.6 Å². The first-order valence-corrected chi connectivity index (χ1v) is 9.30. The Hall–Kier alpha value is -2.48. The molecule has 8 heteroatoms. The van der Waals surface area contributed by atoms with Gasteiger partial charge in [0, 0.05) is 18.0 Å². The van der Waals surface area contributed by atoms with Crippen molar-refractivity contribution in [2.45, 2.75) is 46.3 Å². The van der Waals surface area contributed by atoms with Crippen molar-refractivity contribution in [2.75, 3.05) is 5.32 Å². The number of anilines is 1. The molecule has 0 saturated heterocycles. The van der Waals surface area contributed by atoms with Gasteiger partial charge in [0.05, 0.1) is 11.9 Å².